The zero-order valence-corrected chi connectivity index (χ0v) is 18.5. The van der Waals surface area contributed by atoms with Gasteiger partial charge in [-0.1, -0.05) is 48.2 Å². The molecule has 7 heteroatoms. The van der Waals surface area contributed by atoms with Crippen LogP contribution in [0.5, 0.6) is 0 Å². The Bertz CT molecular complexity index is 1470. The van der Waals surface area contributed by atoms with Crippen LogP contribution in [0.2, 0.25) is 0 Å². The average Bonchev–Trinajstić information content (AvgIpc) is 3.30. The minimum absolute atomic E-state index is 0.100. The summed E-state index contributed by atoms with van der Waals surface area (Å²) in [6.07, 6.45) is 0. The van der Waals surface area contributed by atoms with Gasteiger partial charge >= 0.3 is 0 Å². The van der Waals surface area contributed by atoms with Crippen molar-refractivity contribution in [3.63, 3.8) is 0 Å². The first-order valence-electron chi connectivity index (χ1n) is 10.2. The fourth-order valence-electron chi connectivity index (χ4n) is 3.44. The molecule has 6 nitrogen and oxygen atoms in total. The topological polar surface area (TPSA) is 73.8 Å². The highest BCUT2D eigenvalue weighted by Gasteiger charge is 2.16. The highest BCUT2D eigenvalue weighted by Crippen LogP contribution is 2.26. The molecule has 0 unspecified atom stereocenters. The summed E-state index contributed by atoms with van der Waals surface area (Å²) in [4.78, 5) is 18.2. The van der Waals surface area contributed by atoms with Crippen LogP contribution in [-0.2, 0) is 5.75 Å². The maximum absolute atomic E-state index is 13.4. The Labute approximate surface area is 189 Å². The first-order valence-corrected chi connectivity index (χ1v) is 11.2. The summed E-state index contributed by atoms with van der Waals surface area (Å²) < 4.78 is 7.49. The van der Waals surface area contributed by atoms with Gasteiger partial charge in [-0.15, -0.1) is 10.2 Å². The number of aromatic nitrogens is 4. The van der Waals surface area contributed by atoms with E-state index in [1.54, 1.807) is 10.6 Å². The summed E-state index contributed by atoms with van der Waals surface area (Å²) in [5, 5.41) is 9.48. The van der Waals surface area contributed by atoms with Gasteiger partial charge in [0.05, 0.1) is 22.3 Å². The fourth-order valence-corrected chi connectivity index (χ4v) is 4.29. The second kappa shape index (κ2) is 8.43. The van der Waals surface area contributed by atoms with E-state index in [0.29, 0.717) is 33.6 Å². The fraction of sp³-hybridized carbons (Fsp3) is 0.120. The molecular formula is C25H20N4O2S. The van der Waals surface area contributed by atoms with Crippen molar-refractivity contribution in [2.75, 3.05) is 0 Å². The zero-order valence-electron chi connectivity index (χ0n) is 17.6. The maximum Gasteiger partial charge on any atom is 0.266 e. The maximum atomic E-state index is 13.4. The number of benzene rings is 3. The van der Waals surface area contributed by atoms with Crippen molar-refractivity contribution in [1.82, 2.24) is 19.7 Å². The third-order valence-corrected chi connectivity index (χ3v) is 6.23. The molecule has 5 rings (SSSR count). The smallest absolute Gasteiger partial charge is 0.266 e. The van der Waals surface area contributed by atoms with E-state index in [-0.39, 0.29) is 5.56 Å². The number of thioether (sulfide) groups is 1. The van der Waals surface area contributed by atoms with E-state index < -0.39 is 0 Å². The first-order chi connectivity index (χ1) is 15.6. The largest absolute Gasteiger partial charge is 0.420 e. The molecule has 158 valence electrons. The molecule has 0 saturated carbocycles. The number of aryl methyl sites for hydroxylation is 2. The molecule has 0 amide bonds. The zero-order chi connectivity index (χ0) is 22.1. The summed E-state index contributed by atoms with van der Waals surface area (Å²) in [5.74, 6) is 1.34. The van der Waals surface area contributed by atoms with Crippen LogP contribution in [0.25, 0.3) is 28.0 Å². The lowest BCUT2D eigenvalue weighted by atomic mass is 10.1. The Morgan fingerprint density at radius 2 is 1.69 bits per heavy atom. The van der Waals surface area contributed by atoms with E-state index in [0.717, 1.165) is 16.8 Å². The van der Waals surface area contributed by atoms with Gasteiger partial charge in [0.2, 0.25) is 11.8 Å². The lowest BCUT2D eigenvalue weighted by Crippen LogP contribution is -2.22. The van der Waals surface area contributed by atoms with Crippen molar-refractivity contribution >= 4 is 22.7 Å². The quantitative estimate of drug-likeness (QED) is 0.271. The standard InChI is InChI=1S/C25H20N4O2S/c1-16-12-13-19(14-17(16)2)29-24(30)20-10-6-7-11-21(20)26-25(29)32-15-22-27-28-23(31-22)18-8-4-3-5-9-18/h3-14H,15H2,1-2H3. The highest BCUT2D eigenvalue weighted by atomic mass is 32.2. The number of hydrogen-bond acceptors (Lipinski definition) is 6. The first kappa shape index (κ1) is 20.2. The van der Waals surface area contributed by atoms with Gasteiger partial charge < -0.3 is 4.42 Å². The van der Waals surface area contributed by atoms with Gasteiger partial charge in [0, 0.05) is 5.56 Å². The summed E-state index contributed by atoms with van der Waals surface area (Å²) >= 11 is 1.40. The van der Waals surface area contributed by atoms with Gasteiger partial charge in [0.1, 0.15) is 0 Å². The molecule has 0 atom stereocenters. The number of nitrogens with zero attached hydrogens (tertiary/aromatic N) is 4. The van der Waals surface area contributed by atoms with Crippen LogP contribution < -0.4 is 5.56 Å². The summed E-state index contributed by atoms with van der Waals surface area (Å²) in [7, 11) is 0. The van der Waals surface area contributed by atoms with E-state index in [1.807, 2.05) is 73.7 Å². The highest BCUT2D eigenvalue weighted by molar-refractivity contribution is 7.98. The predicted octanol–water partition coefficient (Wildman–Crippen LogP) is 5.34. The molecule has 0 bridgehead atoms. The predicted molar refractivity (Wildman–Crippen MR) is 126 cm³/mol. The van der Waals surface area contributed by atoms with Crippen LogP contribution in [0.1, 0.15) is 17.0 Å². The Morgan fingerprint density at radius 1 is 0.906 bits per heavy atom. The van der Waals surface area contributed by atoms with Crippen molar-refractivity contribution in [2.24, 2.45) is 0 Å². The minimum Gasteiger partial charge on any atom is -0.420 e. The number of rotatable bonds is 5. The van der Waals surface area contributed by atoms with Crippen LogP contribution in [0.4, 0.5) is 0 Å². The molecule has 0 spiro atoms. The Balaban J connectivity index is 1.54. The molecule has 2 heterocycles. The van der Waals surface area contributed by atoms with Crippen LogP contribution in [0, 0.1) is 13.8 Å². The van der Waals surface area contributed by atoms with Crippen LogP contribution in [-0.4, -0.2) is 19.7 Å². The van der Waals surface area contributed by atoms with Crippen LogP contribution in [0.15, 0.2) is 87.2 Å². The van der Waals surface area contributed by atoms with E-state index in [9.17, 15) is 4.79 Å². The molecule has 32 heavy (non-hydrogen) atoms. The third-order valence-electron chi connectivity index (χ3n) is 5.31. The van der Waals surface area contributed by atoms with Crippen molar-refractivity contribution in [3.05, 3.63) is 100 Å². The molecule has 0 aliphatic heterocycles. The molecule has 0 fully saturated rings. The van der Waals surface area contributed by atoms with Gasteiger partial charge in [-0.2, -0.15) is 0 Å². The van der Waals surface area contributed by atoms with E-state index in [2.05, 4.69) is 17.1 Å². The van der Waals surface area contributed by atoms with Crippen LogP contribution in [0.3, 0.4) is 0 Å². The molecule has 0 aliphatic rings. The van der Waals surface area contributed by atoms with E-state index in [1.165, 1.54) is 17.3 Å². The summed E-state index contributed by atoms with van der Waals surface area (Å²) in [6, 6.07) is 23.0. The molecular weight excluding hydrogens is 420 g/mol. The second-order valence-electron chi connectivity index (χ2n) is 7.48. The second-order valence-corrected chi connectivity index (χ2v) is 8.42. The van der Waals surface area contributed by atoms with Crippen molar-refractivity contribution < 1.29 is 4.42 Å². The van der Waals surface area contributed by atoms with Crippen LogP contribution >= 0.6 is 11.8 Å². The minimum atomic E-state index is -0.100. The molecule has 0 N–H and O–H groups in total. The number of hydrogen-bond donors (Lipinski definition) is 0. The summed E-state index contributed by atoms with van der Waals surface area (Å²) in [6.45, 7) is 4.09. The van der Waals surface area contributed by atoms with Gasteiger partial charge in [0.25, 0.3) is 5.56 Å². The van der Waals surface area contributed by atoms with E-state index in [4.69, 9.17) is 9.40 Å². The average molecular weight is 441 g/mol. The number of para-hydroxylation sites is 1. The Hall–Kier alpha value is -3.71. The molecule has 0 aliphatic carbocycles. The lowest BCUT2D eigenvalue weighted by Gasteiger charge is -2.14. The number of fused-ring (bicyclic) bond motifs is 1. The molecule has 0 saturated heterocycles. The normalized spacial score (nSPS) is 11.2. The van der Waals surface area contributed by atoms with Crippen molar-refractivity contribution in [1.29, 1.82) is 0 Å². The van der Waals surface area contributed by atoms with Crippen molar-refractivity contribution in [2.45, 2.75) is 24.8 Å². The third kappa shape index (κ3) is 3.83. The van der Waals surface area contributed by atoms with Gasteiger partial charge in [-0.3, -0.25) is 9.36 Å². The Morgan fingerprint density at radius 3 is 2.50 bits per heavy atom. The van der Waals surface area contributed by atoms with Gasteiger partial charge in [-0.05, 0) is 61.4 Å². The van der Waals surface area contributed by atoms with Gasteiger partial charge in [0.15, 0.2) is 5.16 Å². The molecule has 5 aromatic rings. The SMILES string of the molecule is Cc1ccc(-n2c(SCc3nnc(-c4ccccc4)o3)nc3ccccc3c2=O)cc1C. The molecule has 2 aromatic heterocycles. The molecule has 0 radical (unpaired) electrons. The van der Waals surface area contributed by atoms with E-state index >= 15 is 0 Å². The molecule has 3 aromatic carbocycles. The lowest BCUT2D eigenvalue weighted by molar-refractivity contribution is 0.528. The monoisotopic (exact) mass is 440 g/mol. The van der Waals surface area contributed by atoms with Crippen molar-refractivity contribution in [3.8, 4) is 17.1 Å². The summed E-state index contributed by atoms with van der Waals surface area (Å²) in [5.41, 5.74) is 4.50. The Kier molecular flexibility index (Phi) is 5.33. The van der Waals surface area contributed by atoms with Gasteiger partial charge in [-0.25, -0.2) is 4.98 Å².